The number of H-pyrrole nitrogens is 1. The minimum Gasteiger partial charge on any atom is -0.412 e. The maximum absolute atomic E-state index is 11.7. The summed E-state index contributed by atoms with van der Waals surface area (Å²) >= 11 is 0. The van der Waals surface area contributed by atoms with E-state index >= 15 is 0 Å². The number of fused-ring (bicyclic) bond motifs is 1. The molecule has 1 saturated heterocycles. The van der Waals surface area contributed by atoms with E-state index in [1.807, 2.05) is 0 Å². The maximum Gasteiger partial charge on any atom is 0.469 e. The summed E-state index contributed by atoms with van der Waals surface area (Å²) in [5, 5.41) is 20.1. The van der Waals surface area contributed by atoms with Gasteiger partial charge in [0.25, 0.3) is 5.56 Å². The van der Waals surface area contributed by atoms with Crippen LogP contribution in [0.3, 0.4) is 0 Å². The Balaban J connectivity index is -0.000000322. The number of aromatic amines is 1. The van der Waals surface area contributed by atoms with Gasteiger partial charge in [0, 0.05) is 0 Å². The molecular weight excluding hydrogens is 461 g/mol. The molecule has 1 aliphatic rings. The molecule has 0 bridgehead atoms. The van der Waals surface area contributed by atoms with Crippen molar-refractivity contribution in [1.82, 2.24) is 19.5 Å². The number of aromatic nitrogens is 4. The first kappa shape index (κ1) is 39.3. The van der Waals surface area contributed by atoms with Gasteiger partial charge in [0.15, 0.2) is 17.4 Å². The number of hydrogen-bond donors (Lipinski definition) is 6. The molecule has 31 heavy (non-hydrogen) atoms. The van der Waals surface area contributed by atoms with E-state index in [0.717, 1.165) is 0 Å². The minimum absolute atomic E-state index is 0. The molecule has 0 spiro atoms. The fourth-order valence-corrected chi connectivity index (χ4v) is 2.74. The number of imidazole rings is 1. The van der Waals surface area contributed by atoms with Gasteiger partial charge in [-0.15, -0.1) is 0 Å². The summed E-state index contributed by atoms with van der Waals surface area (Å²) in [6.07, 6.45) is -4.22. The van der Waals surface area contributed by atoms with Crippen molar-refractivity contribution in [3.63, 3.8) is 0 Å². The first-order valence-corrected chi connectivity index (χ1v) is 8.14. The van der Waals surface area contributed by atoms with Crippen LogP contribution in [-0.4, -0.2) is 103 Å². The maximum atomic E-state index is 11.7. The normalized spacial score (nSPS) is 21.5. The molecule has 0 unspecified atom stereocenters. The second-order valence-corrected chi connectivity index (χ2v) is 6.35. The third-order valence-electron chi connectivity index (χ3n) is 3.47. The summed E-state index contributed by atoms with van der Waals surface area (Å²) in [7, 11) is -4.76. The SMILES string of the molecule is Nc1nc2c(ncn2[C@@H]2O[C@H](COP(=O)(O)O)[C@@H](O)[C@H]2O)c(=O)[nH]1.O.O.O.O.O.O.O. The van der Waals surface area contributed by atoms with Crippen molar-refractivity contribution in [3.05, 3.63) is 16.7 Å². The Morgan fingerprint density at radius 1 is 1.13 bits per heavy atom. The lowest BCUT2D eigenvalue weighted by molar-refractivity contribution is -0.0503. The van der Waals surface area contributed by atoms with Crippen molar-refractivity contribution in [2.75, 3.05) is 12.3 Å². The zero-order valence-corrected chi connectivity index (χ0v) is 16.3. The van der Waals surface area contributed by atoms with E-state index < -0.39 is 44.5 Å². The van der Waals surface area contributed by atoms with E-state index in [0.29, 0.717) is 0 Å². The number of anilines is 1. The summed E-state index contributed by atoms with van der Waals surface area (Å²) in [6.45, 7) is -0.651. The van der Waals surface area contributed by atoms with Gasteiger partial charge >= 0.3 is 7.82 Å². The molecule has 3 heterocycles. The van der Waals surface area contributed by atoms with Gasteiger partial charge in [0.1, 0.15) is 18.3 Å². The van der Waals surface area contributed by atoms with Crippen LogP contribution in [0.2, 0.25) is 0 Å². The van der Waals surface area contributed by atoms with Crippen molar-refractivity contribution in [3.8, 4) is 0 Å². The first-order valence-electron chi connectivity index (χ1n) is 6.61. The molecule has 188 valence electrons. The van der Waals surface area contributed by atoms with Crippen molar-refractivity contribution >= 4 is 24.9 Å². The number of phosphoric ester groups is 1. The van der Waals surface area contributed by atoms with Crippen molar-refractivity contribution in [2.24, 2.45) is 0 Å². The van der Waals surface area contributed by atoms with Gasteiger partial charge in [-0.25, -0.2) is 9.55 Å². The van der Waals surface area contributed by atoms with Crippen LogP contribution >= 0.6 is 7.82 Å². The average molecular weight is 489 g/mol. The van der Waals surface area contributed by atoms with Crippen molar-refractivity contribution in [2.45, 2.75) is 24.5 Å². The topological polar surface area (TPSA) is 427 Å². The standard InChI is InChI=1S/C10H14N5O8P.7H2O/c11-10-13-7-4(8(18)14-10)12-2-15(7)9-6(17)5(16)3(23-9)1-22-24(19,20)21;;;;;;;/h2-3,5-6,9,16-17H,1H2,(H2,19,20,21)(H3,11,13,14,18);7*1H2/t3-,5-,6-,9-;;;;;;;/m1......./s1. The highest BCUT2D eigenvalue weighted by atomic mass is 31.2. The Morgan fingerprint density at radius 3 is 2.19 bits per heavy atom. The molecule has 21 heteroatoms. The molecule has 0 amide bonds. The van der Waals surface area contributed by atoms with E-state index in [1.165, 1.54) is 10.9 Å². The fraction of sp³-hybridized carbons (Fsp3) is 0.500. The molecule has 1 aliphatic heterocycles. The number of nitrogens with zero attached hydrogens (tertiary/aromatic N) is 3. The van der Waals surface area contributed by atoms with Crippen LogP contribution in [0.5, 0.6) is 0 Å². The van der Waals surface area contributed by atoms with Gasteiger partial charge in [0.2, 0.25) is 5.95 Å². The number of phosphoric acid groups is 1. The molecule has 2 aromatic rings. The Hall–Kier alpha value is -2.14. The number of aliphatic hydroxyl groups excluding tert-OH is 2. The van der Waals surface area contributed by atoms with Crippen LogP contribution in [0.15, 0.2) is 11.1 Å². The molecule has 21 N–H and O–H groups in total. The first-order chi connectivity index (χ1) is 11.2. The molecular formula is C10H28N5O15P. The highest BCUT2D eigenvalue weighted by Gasteiger charge is 2.45. The molecule has 0 saturated carbocycles. The predicted octanol–water partition coefficient (Wildman–Crippen LogP) is -8.34. The van der Waals surface area contributed by atoms with Crippen molar-refractivity contribution < 1.29 is 72.2 Å². The van der Waals surface area contributed by atoms with E-state index in [9.17, 15) is 19.6 Å². The Kier molecular flexibility index (Phi) is 17.8. The zero-order chi connectivity index (χ0) is 17.6. The van der Waals surface area contributed by atoms with Gasteiger partial charge in [-0.3, -0.25) is 18.9 Å². The molecule has 2 aromatic heterocycles. The molecule has 3 rings (SSSR count). The van der Waals surface area contributed by atoms with Crippen LogP contribution < -0.4 is 11.3 Å². The largest absolute Gasteiger partial charge is 0.469 e. The lowest BCUT2D eigenvalue weighted by Gasteiger charge is -2.16. The number of nitrogens with one attached hydrogen (secondary N) is 1. The lowest BCUT2D eigenvalue weighted by atomic mass is 10.1. The number of nitrogen functional groups attached to an aromatic ring is 1. The fourth-order valence-electron chi connectivity index (χ4n) is 2.40. The summed E-state index contributed by atoms with van der Waals surface area (Å²) in [4.78, 5) is 39.1. The van der Waals surface area contributed by atoms with Gasteiger partial charge in [0.05, 0.1) is 12.9 Å². The summed E-state index contributed by atoms with van der Waals surface area (Å²) in [6, 6.07) is 0. The monoisotopic (exact) mass is 489 g/mol. The van der Waals surface area contributed by atoms with Gasteiger partial charge in [-0.05, 0) is 0 Å². The second kappa shape index (κ2) is 14.0. The number of aliphatic hydroxyl groups is 2. The molecule has 0 radical (unpaired) electrons. The molecule has 20 nitrogen and oxygen atoms in total. The van der Waals surface area contributed by atoms with Crippen LogP contribution in [0.4, 0.5) is 5.95 Å². The Labute approximate surface area is 171 Å². The Bertz CT molecular complexity index is 869. The average Bonchev–Trinajstić information content (AvgIpc) is 3.00. The van der Waals surface area contributed by atoms with Crippen LogP contribution in [0, 0.1) is 0 Å². The van der Waals surface area contributed by atoms with Crippen molar-refractivity contribution in [1.29, 1.82) is 0 Å². The van der Waals surface area contributed by atoms with E-state index in [1.54, 1.807) is 0 Å². The second-order valence-electron chi connectivity index (χ2n) is 5.11. The molecule has 1 fully saturated rings. The zero-order valence-electron chi connectivity index (χ0n) is 15.4. The number of ether oxygens (including phenoxy) is 1. The highest BCUT2D eigenvalue weighted by Crippen LogP contribution is 2.38. The summed E-state index contributed by atoms with van der Waals surface area (Å²) in [5.41, 5.74) is 4.84. The minimum atomic E-state index is -4.76. The third kappa shape index (κ3) is 7.80. The molecule has 0 aliphatic carbocycles. The third-order valence-corrected chi connectivity index (χ3v) is 3.95. The van der Waals surface area contributed by atoms with E-state index in [-0.39, 0.29) is 55.4 Å². The van der Waals surface area contributed by atoms with Gasteiger partial charge in [-0.2, -0.15) is 4.98 Å². The quantitative estimate of drug-likeness (QED) is 0.219. The van der Waals surface area contributed by atoms with Gasteiger partial charge in [-0.1, -0.05) is 0 Å². The molecule has 4 atom stereocenters. The Morgan fingerprint density at radius 2 is 1.68 bits per heavy atom. The summed E-state index contributed by atoms with van der Waals surface area (Å²) < 4.78 is 21.6. The molecule has 0 aromatic carbocycles. The summed E-state index contributed by atoms with van der Waals surface area (Å²) in [5.74, 6) is -0.177. The van der Waals surface area contributed by atoms with Crippen LogP contribution in [0.1, 0.15) is 6.23 Å². The number of rotatable bonds is 4. The van der Waals surface area contributed by atoms with E-state index in [4.69, 9.17) is 20.3 Å². The van der Waals surface area contributed by atoms with Crippen LogP contribution in [-0.2, 0) is 13.8 Å². The highest BCUT2D eigenvalue weighted by molar-refractivity contribution is 7.46. The lowest BCUT2D eigenvalue weighted by Crippen LogP contribution is -2.33. The number of hydrogen-bond acceptors (Lipinski definition) is 9. The smallest absolute Gasteiger partial charge is 0.412 e. The number of nitrogens with two attached hydrogens (primary N) is 1. The predicted molar refractivity (Wildman–Crippen MR) is 102 cm³/mol. The van der Waals surface area contributed by atoms with Crippen LogP contribution in [0.25, 0.3) is 11.2 Å². The van der Waals surface area contributed by atoms with Gasteiger partial charge < -0.3 is 68.8 Å². The van der Waals surface area contributed by atoms with E-state index in [2.05, 4.69) is 19.5 Å².